The molecule has 7 nitrogen and oxygen atoms in total. The molecule has 108 valence electrons. The summed E-state index contributed by atoms with van der Waals surface area (Å²) in [5, 5.41) is 3.54. The van der Waals surface area contributed by atoms with Gasteiger partial charge in [0.05, 0.1) is 6.54 Å². The Labute approximate surface area is 115 Å². The quantitative estimate of drug-likeness (QED) is 0.829. The van der Waals surface area contributed by atoms with Gasteiger partial charge in [-0.2, -0.15) is 4.98 Å². The molecule has 1 heterocycles. The molecule has 9 heteroatoms. The second kappa shape index (κ2) is 5.65. The predicted molar refractivity (Wildman–Crippen MR) is 67.4 cm³/mol. The number of sulfonamides is 1. The molecule has 2 aromatic rings. The Bertz CT molecular complexity index is 714. The van der Waals surface area contributed by atoms with Crippen molar-refractivity contribution in [3.63, 3.8) is 0 Å². The Morgan fingerprint density at radius 2 is 2.20 bits per heavy atom. The van der Waals surface area contributed by atoms with E-state index in [0.29, 0.717) is 11.5 Å². The Balaban J connectivity index is 2.18. The van der Waals surface area contributed by atoms with E-state index in [9.17, 15) is 12.8 Å². The first-order chi connectivity index (χ1) is 9.42. The molecule has 1 aromatic carbocycles. The molecule has 0 saturated heterocycles. The van der Waals surface area contributed by atoms with E-state index in [1.807, 2.05) is 0 Å². The molecule has 0 bridgehead atoms. The molecule has 0 atom stereocenters. The molecule has 0 aliphatic carbocycles. The van der Waals surface area contributed by atoms with Crippen LogP contribution in [-0.2, 0) is 23.1 Å². The van der Waals surface area contributed by atoms with E-state index in [1.165, 1.54) is 12.1 Å². The van der Waals surface area contributed by atoms with Crippen molar-refractivity contribution in [2.75, 3.05) is 0 Å². The Hall–Kier alpha value is -1.84. The van der Waals surface area contributed by atoms with Crippen molar-refractivity contribution < 1.29 is 17.3 Å². The summed E-state index contributed by atoms with van der Waals surface area (Å²) in [6.07, 6.45) is 0. The highest BCUT2D eigenvalue weighted by molar-refractivity contribution is 7.89. The van der Waals surface area contributed by atoms with Crippen molar-refractivity contribution in [1.82, 2.24) is 14.9 Å². The van der Waals surface area contributed by atoms with Crippen molar-refractivity contribution in [3.8, 4) is 0 Å². The van der Waals surface area contributed by atoms with Crippen LogP contribution in [0.15, 0.2) is 27.6 Å². The number of aromatic nitrogens is 2. The first kappa shape index (κ1) is 14.6. The molecular weight excluding hydrogens is 287 g/mol. The summed E-state index contributed by atoms with van der Waals surface area (Å²) in [5.41, 5.74) is 5.87. The topological polar surface area (TPSA) is 111 Å². The fourth-order valence-corrected chi connectivity index (χ4v) is 2.58. The summed E-state index contributed by atoms with van der Waals surface area (Å²) in [6.45, 7) is 1.53. The maximum Gasteiger partial charge on any atom is 0.243 e. The van der Waals surface area contributed by atoms with Crippen LogP contribution in [0, 0.1) is 12.7 Å². The number of hydrogen-bond donors (Lipinski definition) is 2. The van der Waals surface area contributed by atoms with Crippen molar-refractivity contribution in [2.45, 2.75) is 24.9 Å². The molecule has 3 N–H and O–H groups in total. The van der Waals surface area contributed by atoms with Crippen LogP contribution < -0.4 is 10.5 Å². The van der Waals surface area contributed by atoms with Gasteiger partial charge < -0.3 is 10.3 Å². The zero-order valence-electron chi connectivity index (χ0n) is 10.6. The first-order valence-corrected chi connectivity index (χ1v) is 7.18. The number of rotatable bonds is 5. The third-order valence-electron chi connectivity index (χ3n) is 2.51. The number of hydrogen-bond acceptors (Lipinski definition) is 6. The van der Waals surface area contributed by atoms with Crippen molar-refractivity contribution in [3.05, 3.63) is 41.3 Å². The Morgan fingerprint density at radius 3 is 2.75 bits per heavy atom. The van der Waals surface area contributed by atoms with Crippen LogP contribution >= 0.6 is 0 Å². The fraction of sp³-hybridized carbons (Fsp3) is 0.273. The number of nitrogens with zero attached hydrogens (tertiary/aromatic N) is 2. The van der Waals surface area contributed by atoms with Gasteiger partial charge in [0.1, 0.15) is 10.7 Å². The predicted octanol–water partition coefficient (Wildman–Crippen LogP) is 0.454. The maximum atomic E-state index is 13.7. The lowest BCUT2D eigenvalue weighted by Gasteiger charge is -2.07. The highest BCUT2D eigenvalue weighted by atomic mass is 32.2. The van der Waals surface area contributed by atoms with E-state index in [1.54, 1.807) is 6.92 Å². The van der Waals surface area contributed by atoms with Gasteiger partial charge in [0.15, 0.2) is 5.82 Å². The monoisotopic (exact) mass is 300 g/mol. The van der Waals surface area contributed by atoms with Crippen LogP contribution in [0.5, 0.6) is 0 Å². The molecular formula is C11H13FN4O3S. The summed E-state index contributed by atoms with van der Waals surface area (Å²) in [4.78, 5) is 3.39. The Kier molecular flexibility index (Phi) is 4.12. The summed E-state index contributed by atoms with van der Waals surface area (Å²) in [7, 11) is -3.99. The second-order valence-corrected chi connectivity index (χ2v) is 5.76. The third kappa shape index (κ3) is 3.18. The van der Waals surface area contributed by atoms with Gasteiger partial charge in [0.25, 0.3) is 0 Å². The van der Waals surface area contributed by atoms with Gasteiger partial charge in [-0.1, -0.05) is 11.2 Å². The van der Waals surface area contributed by atoms with Gasteiger partial charge in [-0.25, -0.2) is 17.5 Å². The standard InChI is InChI=1S/C11H13FN4O3S/c1-7-15-11(16-19-7)6-14-20(17,18)10-3-2-8(5-13)4-9(10)12/h2-4,14H,5-6,13H2,1H3. The minimum Gasteiger partial charge on any atom is -0.340 e. The molecule has 0 unspecified atom stereocenters. The van der Waals surface area contributed by atoms with Crippen molar-refractivity contribution in [2.24, 2.45) is 5.73 Å². The zero-order chi connectivity index (χ0) is 14.8. The normalized spacial score (nSPS) is 11.8. The number of halogens is 1. The van der Waals surface area contributed by atoms with E-state index in [0.717, 1.165) is 6.07 Å². The van der Waals surface area contributed by atoms with Gasteiger partial charge in [0.2, 0.25) is 15.9 Å². The van der Waals surface area contributed by atoms with Crippen LogP contribution in [0.1, 0.15) is 17.3 Å². The van der Waals surface area contributed by atoms with Gasteiger partial charge in [-0.15, -0.1) is 0 Å². The molecule has 0 radical (unpaired) electrons. The Morgan fingerprint density at radius 1 is 1.45 bits per heavy atom. The maximum absolute atomic E-state index is 13.7. The minimum absolute atomic E-state index is 0.132. The molecule has 0 saturated carbocycles. The van der Waals surface area contributed by atoms with E-state index in [-0.39, 0.29) is 18.9 Å². The van der Waals surface area contributed by atoms with E-state index >= 15 is 0 Å². The minimum atomic E-state index is -3.99. The van der Waals surface area contributed by atoms with Crippen LogP contribution in [0.2, 0.25) is 0 Å². The van der Waals surface area contributed by atoms with Gasteiger partial charge in [-0.3, -0.25) is 0 Å². The largest absolute Gasteiger partial charge is 0.340 e. The zero-order valence-corrected chi connectivity index (χ0v) is 11.4. The van der Waals surface area contributed by atoms with E-state index in [4.69, 9.17) is 10.3 Å². The molecule has 0 aliphatic rings. The molecule has 20 heavy (non-hydrogen) atoms. The highest BCUT2D eigenvalue weighted by Gasteiger charge is 2.19. The summed E-state index contributed by atoms with van der Waals surface area (Å²) in [5.74, 6) is -0.368. The highest BCUT2D eigenvalue weighted by Crippen LogP contribution is 2.16. The molecule has 1 aromatic heterocycles. The first-order valence-electron chi connectivity index (χ1n) is 5.70. The lowest BCUT2D eigenvalue weighted by atomic mass is 10.2. The van der Waals surface area contributed by atoms with Crippen LogP contribution in [0.4, 0.5) is 4.39 Å². The average Bonchev–Trinajstić information content (AvgIpc) is 2.82. The molecule has 2 rings (SSSR count). The van der Waals surface area contributed by atoms with Crippen LogP contribution in [0.25, 0.3) is 0 Å². The smallest absolute Gasteiger partial charge is 0.243 e. The van der Waals surface area contributed by atoms with Gasteiger partial charge in [-0.05, 0) is 17.7 Å². The third-order valence-corrected chi connectivity index (χ3v) is 3.95. The van der Waals surface area contributed by atoms with Crippen LogP contribution in [0.3, 0.4) is 0 Å². The van der Waals surface area contributed by atoms with Crippen LogP contribution in [-0.4, -0.2) is 18.6 Å². The van der Waals surface area contributed by atoms with Gasteiger partial charge in [0, 0.05) is 13.5 Å². The van der Waals surface area contributed by atoms with E-state index < -0.39 is 20.7 Å². The number of aryl methyl sites for hydroxylation is 1. The average molecular weight is 300 g/mol. The second-order valence-electron chi connectivity index (χ2n) is 4.02. The van der Waals surface area contributed by atoms with Crippen molar-refractivity contribution >= 4 is 10.0 Å². The summed E-state index contributed by atoms with van der Waals surface area (Å²) in [6, 6.07) is 3.71. The fourth-order valence-electron chi connectivity index (χ4n) is 1.54. The van der Waals surface area contributed by atoms with Gasteiger partial charge >= 0.3 is 0 Å². The molecule has 0 aliphatic heterocycles. The summed E-state index contributed by atoms with van der Waals surface area (Å²) < 4.78 is 44.6. The van der Waals surface area contributed by atoms with E-state index in [2.05, 4.69) is 14.9 Å². The molecule has 0 fully saturated rings. The lowest BCUT2D eigenvalue weighted by molar-refractivity contribution is 0.387. The lowest BCUT2D eigenvalue weighted by Crippen LogP contribution is -2.24. The summed E-state index contributed by atoms with van der Waals surface area (Å²) >= 11 is 0. The van der Waals surface area contributed by atoms with Crippen molar-refractivity contribution in [1.29, 1.82) is 0 Å². The molecule has 0 spiro atoms. The number of nitrogens with one attached hydrogen (secondary N) is 1. The molecule has 0 amide bonds. The SMILES string of the molecule is Cc1nc(CNS(=O)(=O)c2ccc(CN)cc2F)no1. The number of benzene rings is 1. The number of nitrogens with two attached hydrogens (primary N) is 1.